The molecule has 2 N–H and O–H groups in total. The Morgan fingerprint density at radius 1 is 1.43 bits per heavy atom. The maximum atomic E-state index is 12.6. The molecule has 9 heteroatoms. The van der Waals surface area contributed by atoms with Crippen molar-refractivity contribution in [2.75, 3.05) is 6.61 Å². The van der Waals surface area contributed by atoms with Gasteiger partial charge >= 0.3 is 6.18 Å². The number of aromatic nitrogens is 2. The molecule has 0 radical (unpaired) electrons. The molecule has 5 nitrogen and oxygen atoms in total. The highest BCUT2D eigenvalue weighted by molar-refractivity contribution is 7.13. The predicted molar refractivity (Wildman–Crippen MR) is 99.4 cm³/mol. The van der Waals surface area contributed by atoms with Gasteiger partial charge in [-0.2, -0.15) is 13.2 Å². The van der Waals surface area contributed by atoms with Crippen molar-refractivity contribution in [3.8, 4) is 5.19 Å². The van der Waals surface area contributed by atoms with Gasteiger partial charge in [0.05, 0.1) is 10.9 Å². The van der Waals surface area contributed by atoms with E-state index in [4.69, 9.17) is 0 Å². The fraction of sp³-hybridized carbons (Fsp3) is 0.368. The summed E-state index contributed by atoms with van der Waals surface area (Å²) in [5.41, 5.74) is 2.19. The van der Waals surface area contributed by atoms with Gasteiger partial charge < -0.3 is 15.0 Å². The van der Waals surface area contributed by atoms with Crippen LogP contribution in [0.25, 0.3) is 10.9 Å². The fourth-order valence-electron chi connectivity index (χ4n) is 3.30. The Morgan fingerprint density at radius 3 is 3.00 bits per heavy atom. The largest absolute Gasteiger partial charge is 0.460 e. The van der Waals surface area contributed by atoms with Crippen LogP contribution in [0.3, 0.4) is 0 Å². The van der Waals surface area contributed by atoms with Gasteiger partial charge in [0.2, 0.25) is 5.91 Å². The van der Waals surface area contributed by atoms with Crippen molar-refractivity contribution >= 4 is 28.1 Å². The zero-order valence-electron chi connectivity index (χ0n) is 14.9. The third-order valence-corrected chi connectivity index (χ3v) is 5.89. The van der Waals surface area contributed by atoms with Crippen LogP contribution < -0.4 is 10.1 Å². The predicted octanol–water partition coefficient (Wildman–Crippen LogP) is 4.55. The fourth-order valence-corrected chi connectivity index (χ4v) is 4.07. The molecule has 0 unspecified atom stereocenters. The van der Waals surface area contributed by atoms with Crippen molar-refractivity contribution in [3.05, 3.63) is 47.1 Å². The minimum Gasteiger partial charge on any atom is -0.460 e. The number of hydrogen-bond acceptors (Lipinski definition) is 4. The molecule has 0 saturated heterocycles. The number of para-hydroxylation sites is 1. The number of carbonyl (C=O) groups excluding carboxylic acids is 1. The van der Waals surface area contributed by atoms with E-state index in [-0.39, 0.29) is 29.0 Å². The normalized spacial score (nSPS) is 20.1. The second-order valence-corrected chi connectivity index (χ2v) is 7.93. The summed E-state index contributed by atoms with van der Waals surface area (Å²) in [6, 6.07) is 7.62. The van der Waals surface area contributed by atoms with Gasteiger partial charge in [0.1, 0.15) is 0 Å². The summed E-state index contributed by atoms with van der Waals surface area (Å²) in [6.45, 7) is 0.400. The number of benzene rings is 1. The SMILES string of the molecule is C[C@@H](NC(=O)[C@@H]1C[C@H]1c1c[nH]c2ccccc12)c1cnc(OCC(F)(F)F)s1. The van der Waals surface area contributed by atoms with Crippen LogP contribution in [0.4, 0.5) is 13.2 Å². The van der Waals surface area contributed by atoms with E-state index in [1.165, 1.54) is 6.20 Å². The lowest BCUT2D eigenvalue weighted by atomic mass is 10.1. The van der Waals surface area contributed by atoms with E-state index in [2.05, 4.69) is 20.0 Å². The Balaban J connectivity index is 1.35. The molecule has 0 aliphatic heterocycles. The van der Waals surface area contributed by atoms with Crippen molar-refractivity contribution in [3.63, 3.8) is 0 Å². The van der Waals surface area contributed by atoms with E-state index >= 15 is 0 Å². The lowest BCUT2D eigenvalue weighted by Gasteiger charge is -2.11. The number of alkyl halides is 3. The maximum absolute atomic E-state index is 12.6. The molecule has 28 heavy (non-hydrogen) atoms. The molecule has 2 aromatic heterocycles. The number of aromatic amines is 1. The van der Waals surface area contributed by atoms with Gasteiger partial charge in [0.15, 0.2) is 6.61 Å². The summed E-state index contributed by atoms with van der Waals surface area (Å²) in [5, 5.41) is 4.00. The van der Waals surface area contributed by atoms with Crippen LogP contribution in [0.15, 0.2) is 36.7 Å². The molecule has 148 valence electrons. The first kappa shape index (κ1) is 18.8. The van der Waals surface area contributed by atoms with Gasteiger partial charge in [-0.1, -0.05) is 29.5 Å². The highest BCUT2D eigenvalue weighted by atomic mass is 32.1. The second-order valence-electron chi connectivity index (χ2n) is 6.90. The van der Waals surface area contributed by atoms with E-state index in [9.17, 15) is 18.0 Å². The lowest BCUT2D eigenvalue weighted by molar-refractivity contribution is -0.153. The van der Waals surface area contributed by atoms with Crippen LogP contribution in [0, 0.1) is 5.92 Å². The summed E-state index contributed by atoms with van der Waals surface area (Å²) in [7, 11) is 0. The summed E-state index contributed by atoms with van der Waals surface area (Å²) < 4.78 is 41.3. The number of nitrogens with one attached hydrogen (secondary N) is 2. The number of ether oxygens (including phenoxy) is 1. The van der Waals surface area contributed by atoms with Crippen LogP contribution in [0.1, 0.15) is 35.7 Å². The molecule has 0 spiro atoms. The molecule has 4 rings (SSSR count). The van der Waals surface area contributed by atoms with Gasteiger partial charge in [-0.25, -0.2) is 4.98 Å². The highest BCUT2D eigenvalue weighted by Crippen LogP contribution is 2.49. The van der Waals surface area contributed by atoms with Crippen LogP contribution in [-0.4, -0.2) is 28.7 Å². The van der Waals surface area contributed by atoms with Gasteiger partial charge in [0.25, 0.3) is 5.19 Å². The topological polar surface area (TPSA) is 67.0 Å². The molecule has 1 saturated carbocycles. The minimum atomic E-state index is -4.41. The van der Waals surface area contributed by atoms with Gasteiger partial charge in [-0.3, -0.25) is 4.79 Å². The first-order valence-electron chi connectivity index (χ1n) is 8.83. The van der Waals surface area contributed by atoms with E-state index in [0.29, 0.717) is 4.88 Å². The second kappa shape index (κ2) is 7.12. The monoisotopic (exact) mass is 409 g/mol. The first-order chi connectivity index (χ1) is 13.3. The number of rotatable bonds is 6. The molecule has 1 aliphatic rings. The number of amides is 1. The van der Waals surface area contributed by atoms with Crippen molar-refractivity contribution < 1.29 is 22.7 Å². The maximum Gasteiger partial charge on any atom is 0.422 e. The third kappa shape index (κ3) is 3.99. The quantitative estimate of drug-likeness (QED) is 0.628. The Labute approximate surface area is 162 Å². The number of thiazole rings is 1. The summed E-state index contributed by atoms with van der Waals surface area (Å²) in [4.78, 5) is 20.3. The lowest BCUT2D eigenvalue weighted by Crippen LogP contribution is -2.27. The number of hydrogen-bond donors (Lipinski definition) is 2. The molecule has 1 aromatic carbocycles. The number of halogens is 3. The van der Waals surface area contributed by atoms with E-state index in [0.717, 1.165) is 34.2 Å². The number of carbonyl (C=O) groups is 1. The van der Waals surface area contributed by atoms with Crippen LogP contribution in [0.2, 0.25) is 0 Å². The van der Waals surface area contributed by atoms with Crippen molar-refractivity contribution in [2.24, 2.45) is 5.92 Å². The molecule has 1 aliphatic carbocycles. The van der Waals surface area contributed by atoms with Crippen molar-refractivity contribution in [2.45, 2.75) is 31.5 Å². The molecule has 1 fully saturated rings. The summed E-state index contributed by atoms with van der Waals surface area (Å²) in [5.74, 6) is 0.0139. The zero-order valence-corrected chi connectivity index (χ0v) is 15.7. The molecule has 3 aromatic rings. The minimum absolute atomic E-state index is 0.0588. The summed E-state index contributed by atoms with van der Waals surface area (Å²) >= 11 is 1.00. The van der Waals surface area contributed by atoms with Crippen molar-refractivity contribution in [1.29, 1.82) is 0 Å². The molecular weight excluding hydrogens is 391 g/mol. The zero-order chi connectivity index (χ0) is 19.9. The van der Waals surface area contributed by atoms with Crippen LogP contribution >= 0.6 is 11.3 Å². The highest BCUT2D eigenvalue weighted by Gasteiger charge is 2.45. The average Bonchev–Trinajstić information content (AvgIpc) is 3.11. The summed E-state index contributed by atoms with van der Waals surface area (Å²) in [6.07, 6.45) is -0.233. The molecule has 3 atom stereocenters. The van der Waals surface area contributed by atoms with Gasteiger partial charge in [0, 0.05) is 29.2 Å². The molecule has 0 bridgehead atoms. The molecular formula is C19H18F3N3O2S. The number of nitrogens with zero attached hydrogens (tertiary/aromatic N) is 1. The van der Waals surface area contributed by atoms with Crippen LogP contribution in [0.5, 0.6) is 5.19 Å². The third-order valence-electron chi connectivity index (χ3n) is 4.80. The smallest absolute Gasteiger partial charge is 0.422 e. The van der Waals surface area contributed by atoms with E-state index in [1.807, 2.05) is 30.5 Å². The molecule has 2 heterocycles. The van der Waals surface area contributed by atoms with Crippen molar-refractivity contribution in [1.82, 2.24) is 15.3 Å². The standard InChI is InChI=1S/C19H18F3N3O2S/c1-10(16-8-24-18(28-16)27-9-19(20,21)22)25-17(26)13-6-12(13)14-7-23-15-5-3-2-4-11(14)15/h2-5,7-8,10,12-13,23H,6,9H2,1H3,(H,25,26)/t10-,12-,13-/m1/s1. The van der Waals surface area contributed by atoms with E-state index in [1.54, 1.807) is 6.92 Å². The van der Waals surface area contributed by atoms with Crippen LogP contribution in [-0.2, 0) is 4.79 Å². The number of H-pyrrole nitrogens is 1. The van der Waals surface area contributed by atoms with E-state index < -0.39 is 12.8 Å². The van der Waals surface area contributed by atoms with Gasteiger partial charge in [-0.05, 0) is 30.9 Å². The van der Waals surface area contributed by atoms with Gasteiger partial charge in [-0.15, -0.1) is 0 Å². The molecule has 1 amide bonds. The average molecular weight is 409 g/mol. The Morgan fingerprint density at radius 2 is 2.21 bits per heavy atom. The Kier molecular flexibility index (Phi) is 4.78. The first-order valence-corrected chi connectivity index (χ1v) is 9.65. The Hall–Kier alpha value is -2.55. The Bertz CT molecular complexity index is 998. The number of fused-ring (bicyclic) bond motifs is 1.